The Hall–Kier alpha value is -1.02. The molecule has 1 radical (unpaired) electrons. The molecule has 0 aliphatic rings. The number of aromatic nitrogens is 4. The van der Waals surface area contributed by atoms with Crippen molar-refractivity contribution in [1.29, 1.82) is 0 Å². The predicted molar refractivity (Wildman–Crippen MR) is 80.5 cm³/mol. The molecule has 0 unspecified atom stereocenters. The number of carbonyl (C=O) groups excluding carboxylic acids is 1. The second kappa shape index (κ2) is 9.02. The van der Waals surface area contributed by atoms with Gasteiger partial charge in [-0.25, -0.2) is 0 Å². The molecular weight excluding hydrogens is 285 g/mol. The van der Waals surface area contributed by atoms with E-state index in [1.165, 1.54) is 24.5 Å². The van der Waals surface area contributed by atoms with E-state index in [-0.39, 0.29) is 41.4 Å². The number of amides is 1. The van der Waals surface area contributed by atoms with Crippen LogP contribution in [-0.2, 0) is 11.2 Å². The third-order valence-corrected chi connectivity index (χ3v) is 3.42. The summed E-state index contributed by atoms with van der Waals surface area (Å²) in [6.07, 6.45) is 6.73. The van der Waals surface area contributed by atoms with Gasteiger partial charge in [-0.15, -0.1) is 16.4 Å². The molecule has 0 aliphatic carbocycles. The Balaban J connectivity index is 0.00000200. The van der Waals surface area contributed by atoms with Crippen molar-refractivity contribution in [3.8, 4) is 0 Å². The third kappa shape index (κ3) is 5.54. The number of rotatable bonds is 6. The average molecular weight is 300 g/mol. The number of aryl methyl sites for hydroxylation is 1. The number of anilines is 1. The fourth-order valence-corrected chi connectivity index (χ4v) is 2.36. The number of nitrogens with one attached hydrogen (secondary N) is 2. The van der Waals surface area contributed by atoms with Gasteiger partial charge in [0.2, 0.25) is 0 Å². The van der Waals surface area contributed by atoms with Gasteiger partial charge in [-0.1, -0.05) is 18.4 Å². The van der Waals surface area contributed by atoms with E-state index in [1.807, 2.05) is 0 Å². The van der Waals surface area contributed by atoms with Crippen LogP contribution < -0.4 is 5.32 Å². The average Bonchev–Trinajstić information content (AvgIpc) is 3.05. The van der Waals surface area contributed by atoms with Crippen molar-refractivity contribution < 1.29 is 4.79 Å². The van der Waals surface area contributed by atoms with Gasteiger partial charge in [-0.05, 0) is 41.1 Å². The van der Waals surface area contributed by atoms with E-state index in [9.17, 15) is 4.79 Å². The number of H-pyrrole nitrogens is 1. The summed E-state index contributed by atoms with van der Waals surface area (Å²) in [6, 6.07) is 2.11. The quantitative estimate of drug-likeness (QED) is 0.630. The SMILES string of the molecule is CCCCc1csc(C=CC(=O)Nc2nn[nH]n2)c1.[Na]. The number of nitrogens with zero attached hydrogens (tertiary/aromatic N) is 3. The van der Waals surface area contributed by atoms with Crippen LogP contribution in [0.2, 0.25) is 0 Å². The molecule has 101 valence electrons. The topological polar surface area (TPSA) is 83.6 Å². The normalized spacial score (nSPS) is 10.4. The first kappa shape index (κ1) is 17.0. The summed E-state index contributed by atoms with van der Waals surface area (Å²) in [5, 5.41) is 17.5. The fourth-order valence-electron chi connectivity index (χ4n) is 1.52. The first-order valence-corrected chi connectivity index (χ1v) is 6.96. The van der Waals surface area contributed by atoms with Crippen molar-refractivity contribution in [2.75, 3.05) is 5.32 Å². The zero-order chi connectivity index (χ0) is 13.5. The minimum absolute atomic E-state index is 0. The van der Waals surface area contributed by atoms with Crippen LogP contribution in [0.25, 0.3) is 6.08 Å². The van der Waals surface area contributed by atoms with Crippen LogP contribution in [0.3, 0.4) is 0 Å². The molecule has 2 heterocycles. The van der Waals surface area contributed by atoms with Crippen molar-refractivity contribution in [2.45, 2.75) is 26.2 Å². The maximum Gasteiger partial charge on any atom is 0.270 e. The first-order valence-electron chi connectivity index (χ1n) is 6.08. The molecule has 2 N–H and O–H groups in total. The Morgan fingerprint density at radius 3 is 3.10 bits per heavy atom. The Morgan fingerprint density at radius 2 is 2.40 bits per heavy atom. The summed E-state index contributed by atoms with van der Waals surface area (Å²) in [6.45, 7) is 2.18. The number of carbonyl (C=O) groups is 1. The van der Waals surface area contributed by atoms with Crippen LogP contribution in [0.1, 0.15) is 30.2 Å². The number of thiophene rings is 1. The Bertz CT molecular complexity index is 552. The second-order valence-electron chi connectivity index (χ2n) is 4.02. The van der Waals surface area contributed by atoms with E-state index < -0.39 is 0 Å². The Labute approximate surface area is 143 Å². The van der Waals surface area contributed by atoms with E-state index in [1.54, 1.807) is 17.4 Å². The van der Waals surface area contributed by atoms with Crippen LogP contribution in [0.15, 0.2) is 17.5 Å². The molecule has 0 saturated heterocycles. The van der Waals surface area contributed by atoms with Crippen LogP contribution in [-0.4, -0.2) is 56.1 Å². The van der Waals surface area contributed by atoms with E-state index in [0.29, 0.717) is 0 Å². The number of aromatic amines is 1. The number of hydrogen-bond donors (Lipinski definition) is 2. The molecule has 2 rings (SSSR count). The Morgan fingerprint density at radius 1 is 1.55 bits per heavy atom. The molecule has 0 bridgehead atoms. The Kier molecular flexibility index (Phi) is 7.68. The van der Waals surface area contributed by atoms with Gasteiger partial charge in [-0.3, -0.25) is 10.1 Å². The van der Waals surface area contributed by atoms with Gasteiger partial charge < -0.3 is 0 Å². The zero-order valence-corrected chi connectivity index (χ0v) is 14.4. The maximum absolute atomic E-state index is 11.5. The van der Waals surface area contributed by atoms with E-state index in [2.05, 4.69) is 44.3 Å². The standard InChI is InChI=1S/C12H15N5OS.Na/c1-2-3-4-9-7-10(19-8-9)5-6-11(18)13-12-14-16-17-15-12;/h5-8H,2-4H2,1H3,(H2,13,14,15,16,17,18);. The summed E-state index contributed by atoms with van der Waals surface area (Å²) in [4.78, 5) is 12.6. The molecule has 0 aromatic carbocycles. The van der Waals surface area contributed by atoms with E-state index >= 15 is 0 Å². The summed E-state index contributed by atoms with van der Waals surface area (Å²) in [7, 11) is 0. The molecule has 1 amide bonds. The van der Waals surface area contributed by atoms with Gasteiger partial charge in [0.05, 0.1) is 0 Å². The number of hydrogen-bond acceptors (Lipinski definition) is 5. The largest absolute Gasteiger partial charge is 0.288 e. The van der Waals surface area contributed by atoms with Crippen LogP contribution in [0, 0.1) is 0 Å². The molecule has 0 spiro atoms. The van der Waals surface area contributed by atoms with Crippen molar-refractivity contribution in [3.63, 3.8) is 0 Å². The molecular formula is C12H15N5NaOS. The van der Waals surface area contributed by atoms with Gasteiger partial charge in [-0.2, -0.15) is 5.21 Å². The third-order valence-electron chi connectivity index (χ3n) is 2.47. The summed E-state index contributed by atoms with van der Waals surface area (Å²) < 4.78 is 0. The molecule has 6 nitrogen and oxygen atoms in total. The fraction of sp³-hybridized carbons (Fsp3) is 0.333. The zero-order valence-electron chi connectivity index (χ0n) is 11.6. The van der Waals surface area contributed by atoms with Crippen LogP contribution in [0.4, 0.5) is 5.95 Å². The monoisotopic (exact) mass is 300 g/mol. The van der Waals surface area contributed by atoms with Crippen molar-refractivity contribution in [3.05, 3.63) is 28.0 Å². The summed E-state index contributed by atoms with van der Waals surface area (Å²) in [5.74, 6) is -0.102. The van der Waals surface area contributed by atoms with Gasteiger partial charge >= 0.3 is 0 Å². The smallest absolute Gasteiger partial charge is 0.270 e. The molecule has 0 atom stereocenters. The molecule has 2 aromatic rings. The molecule has 20 heavy (non-hydrogen) atoms. The summed E-state index contributed by atoms with van der Waals surface area (Å²) in [5.41, 5.74) is 1.32. The van der Waals surface area contributed by atoms with Crippen molar-refractivity contribution in [1.82, 2.24) is 20.6 Å². The van der Waals surface area contributed by atoms with Gasteiger partial charge in [0.25, 0.3) is 11.9 Å². The van der Waals surface area contributed by atoms with Crippen molar-refractivity contribution in [2.24, 2.45) is 0 Å². The van der Waals surface area contributed by atoms with Crippen molar-refractivity contribution >= 4 is 58.8 Å². The summed E-state index contributed by atoms with van der Waals surface area (Å²) >= 11 is 1.63. The van der Waals surface area contributed by atoms with Crippen LogP contribution >= 0.6 is 11.3 Å². The van der Waals surface area contributed by atoms with E-state index in [0.717, 1.165) is 11.3 Å². The minimum Gasteiger partial charge on any atom is -0.288 e. The van der Waals surface area contributed by atoms with E-state index in [4.69, 9.17) is 0 Å². The molecule has 8 heteroatoms. The van der Waals surface area contributed by atoms with Crippen LogP contribution in [0.5, 0.6) is 0 Å². The molecule has 0 aliphatic heterocycles. The molecule has 0 fully saturated rings. The maximum atomic E-state index is 11.5. The molecule has 2 aromatic heterocycles. The molecule has 0 saturated carbocycles. The first-order chi connectivity index (χ1) is 9.28. The van der Waals surface area contributed by atoms with Gasteiger partial charge in [0.15, 0.2) is 0 Å². The predicted octanol–water partition coefficient (Wildman–Crippen LogP) is 1.87. The second-order valence-corrected chi connectivity index (χ2v) is 4.96. The van der Waals surface area contributed by atoms with Gasteiger partial charge in [0, 0.05) is 40.5 Å². The van der Waals surface area contributed by atoms with Gasteiger partial charge in [0.1, 0.15) is 0 Å². The number of unbranched alkanes of at least 4 members (excludes halogenated alkanes) is 1. The minimum atomic E-state index is -0.273. The number of tetrazole rings is 1.